The molecule has 2 rings (SSSR count). The number of hydrogen-bond acceptors (Lipinski definition) is 5. The zero-order valence-corrected chi connectivity index (χ0v) is 9.03. The van der Waals surface area contributed by atoms with Crippen LogP contribution >= 0.6 is 0 Å². The number of rotatable bonds is 2. The van der Waals surface area contributed by atoms with Crippen LogP contribution in [-0.2, 0) is 6.54 Å². The molecule has 1 aromatic heterocycles. The monoisotopic (exact) mass is 207 g/mol. The topological polar surface area (TPSA) is 67.1 Å². The van der Waals surface area contributed by atoms with Crippen LogP contribution in [0.25, 0.3) is 0 Å². The smallest absolute Gasteiger partial charge is 0.225 e. The van der Waals surface area contributed by atoms with Crippen LogP contribution < -0.4 is 16.0 Å². The Morgan fingerprint density at radius 3 is 2.80 bits per heavy atom. The molecule has 0 saturated carbocycles. The number of piperazine rings is 1. The summed E-state index contributed by atoms with van der Waals surface area (Å²) in [6.07, 6.45) is 0. The van der Waals surface area contributed by atoms with Crippen LogP contribution in [0.4, 0.5) is 5.95 Å². The Hall–Kier alpha value is -1.20. The van der Waals surface area contributed by atoms with Crippen LogP contribution in [0.3, 0.4) is 0 Å². The number of hydrogen-bond donors (Lipinski definition) is 2. The minimum atomic E-state index is 0.475. The van der Waals surface area contributed by atoms with E-state index in [9.17, 15) is 0 Å². The van der Waals surface area contributed by atoms with E-state index < -0.39 is 0 Å². The van der Waals surface area contributed by atoms with Crippen molar-refractivity contribution in [3.8, 4) is 0 Å². The molecule has 1 saturated heterocycles. The van der Waals surface area contributed by atoms with Crippen LogP contribution in [0.15, 0.2) is 6.07 Å². The van der Waals surface area contributed by atoms with E-state index in [-0.39, 0.29) is 0 Å². The predicted octanol–water partition coefficient (Wildman–Crippen LogP) is -0.347. The van der Waals surface area contributed by atoms with Gasteiger partial charge >= 0.3 is 0 Å². The van der Waals surface area contributed by atoms with Gasteiger partial charge in [0.1, 0.15) is 0 Å². The number of aromatic nitrogens is 2. The average Bonchev–Trinajstić information content (AvgIpc) is 2.29. The number of anilines is 1. The van der Waals surface area contributed by atoms with Crippen LogP contribution in [0.1, 0.15) is 11.4 Å². The minimum Gasteiger partial charge on any atom is -0.338 e. The average molecular weight is 207 g/mol. The molecular formula is C10H17N5. The van der Waals surface area contributed by atoms with Crippen molar-refractivity contribution in [1.82, 2.24) is 15.3 Å². The normalized spacial score (nSPS) is 16.8. The second-order valence-electron chi connectivity index (χ2n) is 3.74. The Kier molecular flexibility index (Phi) is 3.13. The molecule has 0 aromatic carbocycles. The molecule has 0 spiro atoms. The molecule has 0 amide bonds. The van der Waals surface area contributed by atoms with E-state index in [0.29, 0.717) is 6.54 Å². The van der Waals surface area contributed by atoms with Crippen molar-refractivity contribution >= 4 is 5.95 Å². The summed E-state index contributed by atoms with van der Waals surface area (Å²) in [4.78, 5) is 11.1. The van der Waals surface area contributed by atoms with Gasteiger partial charge in [-0.25, -0.2) is 9.97 Å². The summed E-state index contributed by atoms with van der Waals surface area (Å²) in [5.74, 6) is 0.817. The number of nitrogens with one attached hydrogen (secondary N) is 1. The van der Waals surface area contributed by atoms with Gasteiger partial charge in [-0.3, -0.25) is 0 Å². The molecule has 0 aliphatic carbocycles. The first-order valence-electron chi connectivity index (χ1n) is 5.30. The lowest BCUT2D eigenvalue weighted by Gasteiger charge is -2.27. The quantitative estimate of drug-likeness (QED) is 0.694. The van der Waals surface area contributed by atoms with Crippen molar-refractivity contribution in [3.63, 3.8) is 0 Å². The molecule has 3 N–H and O–H groups in total. The molecule has 15 heavy (non-hydrogen) atoms. The molecular weight excluding hydrogens is 190 g/mol. The standard InChI is InChI=1S/C10H17N5/c1-8-6-9(7-11)14-10(13-8)15-4-2-12-3-5-15/h6,12H,2-5,7,11H2,1H3. The molecule has 1 fully saturated rings. The van der Waals surface area contributed by atoms with Crippen molar-refractivity contribution in [2.24, 2.45) is 5.73 Å². The highest BCUT2D eigenvalue weighted by Crippen LogP contribution is 2.10. The SMILES string of the molecule is Cc1cc(CN)nc(N2CCNCC2)n1. The highest BCUT2D eigenvalue weighted by Gasteiger charge is 2.13. The first-order chi connectivity index (χ1) is 7.29. The molecule has 5 nitrogen and oxygen atoms in total. The Balaban J connectivity index is 2.22. The maximum absolute atomic E-state index is 5.60. The van der Waals surface area contributed by atoms with E-state index in [1.165, 1.54) is 0 Å². The lowest BCUT2D eigenvalue weighted by atomic mass is 10.3. The predicted molar refractivity (Wildman–Crippen MR) is 59.7 cm³/mol. The van der Waals surface area contributed by atoms with Gasteiger partial charge in [-0.1, -0.05) is 0 Å². The largest absolute Gasteiger partial charge is 0.338 e. The first kappa shape index (κ1) is 10.3. The van der Waals surface area contributed by atoms with Crippen LogP contribution in [-0.4, -0.2) is 36.1 Å². The molecule has 82 valence electrons. The fourth-order valence-electron chi connectivity index (χ4n) is 1.73. The summed E-state index contributed by atoms with van der Waals surface area (Å²) in [6, 6.07) is 1.94. The number of nitrogens with zero attached hydrogens (tertiary/aromatic N) is 3. The Bertz CT molecular complexity index is 333. The fourth-order valence-corrected chi connectivity index (χ4v) is 1.73. The van der Waals surface area contributed by atoms with E-state index in [2.05, 4.69) is 20.2 Å². The molecule has 1 aliphatic rings. The molecule has 0 bridgehead atoms. The Morgan fingerprint density at radius 1 is 1.40 bits per heavy atom. The maximum atomic E-state index is 5.60. The molecule has 0 atom stereocenters. The minimum absolute atomic E-state index is 0.475. The van der Waals surface area contributed by atoms with E-state index in [1.807, 2.05) is 13.0 Å². The van der Waals surface area contributed by atoms with Crippen molar-refractivity contribution in [1.29, 1.82) is 0 Å². The molecule has 5 heteroatoms. The summed E-state index contributed by atoms with van der Waals surface area (Å²) >= 11 is 0. The summed E-state index contributed by atoms with van der Waals surface area (Å²) in [6.45, 7) is 6.38. The summed E-state index contributed by atoms with van der Waals surface area (Å²) in [5, 5.41) is 3.31. The third-order valence-corrected chi connectivity index (χ3v) is 2.50. The van der Waals surface area contributed by atoms with Gasteiger partial charge in [-0.05, 0) is 13.0 Å². The second kappa shape index (κ2) is 4.55. The summed E-state index contributed by atoms with van der Waals surface area (Å²) in [7, 11) is 0. The van der Waals surface area contributed by atoms with Gasteiger partial charge in [0.25, 0.3) is 0 Å². The molecule has 1 aromatic rings. The van der Waals surface area contributed by atoms with Crippen LogP contribution in [0.5, 0.6) is 0 Å². The van der Waals surface area contributed by atoms with Gasteiger partial charge in [-0.2, -0.15) is 0 Å². The van der Waals surface area contributed by atoms with Gasteiger partial charge in [-0.15, -0.1) is 0 Å². The highest BCUT2D eigenvalue weighted by molar-refractivity contribution is 5.33. The van der Waals surface area contributed by atoms with Crippen molar-refractivity contribution in [2.45, 2.75) is 13.5 Å². The maximum Gasteiger partial charge on any atom is 0.225 e. The second-order valence-corrected chi connectivity index (χ2v) is 3.74. The molecule has 0 radical (unpaired) electrons. The van der Waals surface area contributed by atoms with E-state index >= 15 is 0 Å². The van der Waals surface area contributed by atoms with E-state index in [0.717, 1.165) is 43.5 Å². The van der Waals surface area contributed by atoms with Crippen molar-refractivity contribution in [3.05, 3.63) is 17.5 Å². The molecule has 0 unspecified atom stereocenters. The van der Waals surface area contributed by atoms with Crippen LogP contribution in [0.2, 0.25) is 0 Å². The fraction of sp³-hybridized carbons (Fsp3) is 0.600. The van der Waals surface area contributed by atoms with Gasteiger partial charge in [0, 0.05) is 38.4 Å². The zero-order valence-electron chi connectivity index (χ0n) is 9.03. The summed E-state index contributed by atoms with van der Waals surface area (Å²) < 4.78 is 0. The zero-order chi connectivity index (χ0) is 10.7. The van der Waals surface area contributed by atoms with Crippen molar-refractivity contribution < 1.29 is 0 Å². The van der Waals surface area contributed by atoms with E-state index in [4.69, 9.17) is 5.73 Å². The third-order valence-electron chi connectivity index (χ3n) is 2.50. The molecule has 1 aliphatic heterocycles. The Morgan fingerprint density at radius 2 is 2.13 bits per heavy atom. The van der Waals surface area contributed by atoms with Gasteiger partial charge in [0.05, 0.1) is 5.69 Å². The van der Waals surface area contributed by atoms with Crippen LogP contribution in [0, 0.1) is 6.92 Å². The molecule has 2 heterocycles. The number of aryl methyl sites for hydroxylation is 1. The lowest BCUT2D eigenvalue weighted by molar-refractivity contribution is 0.578. The van der Waals surface area contributed by atoms with E-state index in [1.54, 1.807) is 0 Å². The third kappa shape index (κ3) is 2.43. The summed E-state index contributed by atoms with van der Waals surface area (Å²) in [5.41, 5.74) is 7.49. The van der Waals surface area contributed by atoms with Gasteiger partial charge in [0.2, 0.25) is 5.95 Å². The number of nitrogens with two attached hydrogens (primary N) is 1. The van der Waals surface area contributed by atoms with Crippen molar-refractivity contribution in [2.75, 3.05) is 31.1 Å². The Labute approximate surface area is 89.7 Å². The highest BCUT2D eigenvalue weighted by atomic mass is 15.3. The van der Waals surface area contributed by atoms with Gasteiger partial charge in [0.15, 0.2) is 0 Å². The first-order valence-corrected chi connectivity index (χ1v) is 5.30. The van der Waals surface area contributed by atoms with Gasteiger partial charge < -0.3 is 16.0 Å². The lowest BCUT2D eigenvalue weighted by Crippen LogP contribution is -2.44.